The number of carbonyl (C=O) groups is 1. The molecule has 0 spiro atoms. The van der Waals surface area contributed by atoms with Crippen molar-refractivity contribution < 1.29 is 27.8 Å². The molecule has 1 saturated heterocycles. The number of aromatic nitrogens is 1. The van der Waals surface area contributed by atoms with Crippen molar-refractivity contribution in [1.82, 2.24) is 14.8 Å². The van der Waals surface area contributed by atoms with Crippen molar-refractivity contribution >= 4 is 11.8 Å². The maximum absolute atomic E-state index is 14.9. The van der Waals surface area contributed by atoms with Crippen LogP contribution in [0.3, 0.4) is 0 Å². The van der Waals surface area contributed by atoms with Crippen LogP contribution in [0, 0.1) is 5.82 Å². The van der Waals surface area contributed by atoms with Gasteiger partial charge in [0.05, 0.1) is 13.2 Å². The Morgan fingerprint density at radius 3 is 2.73 bits per heavy atom. The molecule has 3 heterocycles. The number of likely N-dealkylation sites (tertiary alicyclic amines) is 1. The van der Waals surface area contributed by atoms with E-state index >= 15 is 0 Å². The lowest BCUT2D eigenvalue weighted by atomic mass is 9.95. The molecule has 0 amide bonds. The van der Waals surface area contributed by atoms with Crippen molar-refractivity contribution in [2.45, 2.75) is 89.3 Å². The summed E-state index contributed by atoms with van der Waals surface area (Å²) in [7, 11) is 3.03. The average molecular weight is 577 g/mol. The number of aryl methyl sites for hydroxylation is 2. The lowest BCUT2D eigenvalue weighted by Gasteiger charge is -2.33. The Morgan fingerprint density at radius 1 is 1.27 bits per heavy atom. The van der Waals surface area contributed by atoms with E-state index in [4.69, 9.17) is 9.72 Å². The molecule has 3 atom stereocenters. The largest absolute Gasteiger partial charge is 0.493 e. The molecule has 0 radical (unpaired) electrons. The van der Waals surface area contributed by atoms with Gasteiger partial charge in [0.15, 0.2) is 11.6 Å². The number of carboxylic acid groups (broad SMARTS) is 1. The summed E-state index contributed by atoms with van der Waals surface area (Å²) in [5, 5.41) is 13.5. The van der Waals surface area contributed by atoms with Gasteiger partial charge in [0.2, 0.25) is 0 Å². The van der Waals surface area contributed by atoms with E-state index in [-0.39, 0.29) is 23.3 Å². The zero-order valence-corrected chi connectivity index (χ0v) is 24.5. The number of aliphatic carboxylic acids is 1. The number of nitrogens with zero attached hydrogens (tertiary/aromatic N) is 3. The number of hydrogen-bond donors (Lipinski definition) is 2. The van der Waals surface area contributed by atoms with Gasteiger partial charge in [-0.05, 0) is 80.8 Å². The number of likely N-dealkylation sites (N-methyl/N-ethyl adjacent to an activating group) is 1. The SMILES string of the molecule is COc1c(F)cc(C(C)C)cc1[C@@H](C(=O)O)N1CC[C@H](N(C)[C@H](CCCCc2ccc3c(n2)NCCC3)C(F)F)C1. The lowest BCUT2D eigenvalue weighted by Crippen LogP contribution is -2.46. The molecule has 2 aliphatic rings. The summed E-state index contributed by atoms with van der Waals surface area (Å²) >= 11 is 0. The lowest BCUT2D eigenvalue weighted by molar-refractivity contribution is -0.143. The number of anilines is 1. The van der Waals surface area contributed by atoms with Crippen LogP contribution in [0.15, 0.2) is 24.3 Å². The number of nitrogens with one attached hydrogen (secondary N) is 1. The third kappa shape index (κ3) is 7.33. The Kier molecular flexibility index (Phi) is 10.5. The number of unbranched alkanes of at least 4 members (excludes halogenated alkanes) is 1. The average Bonchev–Trinajstić information content (AvgIpc) is 3.41. The van der Waals surface area contributed by atoms with Crippen LogP contribution in [-0.2, 0) is 17.6 Å². The quantitative estimate of drug-likeness (QED) is 0.288. The van der Waals surface area contributed by atoms with Crippen LogP contribution < -0.4 is 10.1 Å². The first kappa shape index (κ1) is 31.1. The predicted octanol–water partition coefficient (Wildman–Crippen LogP) is 5.89. The van der Waals surface area contributed by atoms with E-state index < -0.39 is 30.3 Å². The third-order valence-electron chi connectivity index (χ3n) is 8.58. The van der Waals surface area contributed by atoms with Crippen molar-refractivity contribution in [2.75, 3.05) is 39.1 Å². The molecule has 0 saturated carbocycles. The Labute approximate surface area is 241 Å². The molecule has 0 bridgehead atoms. The second kappa shape index (κ2) is 13.9. The topological polar surface area (TPSA) is 77.9 Å². The van der Waals surface area contributed by atoms with Gasteiger partial charge in [-0.1, -0.05) is 26.3 Å². The van der Waals surface area contributed by atoms with Crippen molar-refractivity contribution in [3.05, 3.63) is 52.5 Å². The minimum Gasteiger partial charge on any atom is -0.493 e. The summed E-state index contributed by atoms with van der Waals surface area (Å²) in [6, 6.07) is 4.90. The van der Waals surface area contributed by atoms with Crippen molar-refractivity contribution in [2.24, 2.45) is 0 Å². The number of hydrogen-bond acceptors (Lipinski definition) is 6. The number of alkyl halides is 2. The highest BCUT2D eigenvalue weighted by Gasteiger charge is 2.40. The number of ether oxygens (including phenoxy) is 1. The highest BCUT2D eigenvalue weighted by molar-refractivity contribution is 5.77. The van der Waals surface area contributed by atoms with Gasteiger partial charge in [-0.2, -0.15) is 0 Å². The van der Waals surface area contributed by atoms with Crippen LogP contribution in [-0.4, -0.2) is 78.2 Å². The normalized spacial score (nSPS) is 18.9. The van der Waals surface area contributed by atoms with Gasteiger partial charge in [0.25, 0.3) is 6.43 Å². The molecule has 2 N–H and O–H groups in total. The fraction of sp³-hybridized carbons (Fsp3) is 0.613. The first-order valence-electron chi connectivity index (χ1n) is 14.7. The summed E-state index contributed by atoms with van der Waals surface area (Å²) < 4.78 is 48.6. The second-order valence-corrected chi connectivity index (χ2v) is 11.6. The second-order valence-electron chi connectivity index (χ2n) is 11.6. The van der Waals surface area contributed by atoms with E-state index in [0.29, 0.717) is 37.9 Å². The highest BCUT2D eigenvalue weighted by Crippen LogP contribution is 2.37. The molecule has 0 aliphatic carbocycles. The smallest absolute Gasteiger partial charge is 0.325 e. The van der Waals surface area contributed by atoms with Crippen LogP contribution in [0.4, 0.5) is 19.0 Å². The molecule has 4 rings (SSSR count). The number of halogens is 3. The number of pyridine rings is 1. The maximum atomic E-state index is 14.9. The first-order chi connectivity index (χ1) is 19.6. The summed E-state index contributed by atoms with van der Waals surface area (Å²) in [6.07, 6.45) is 2.63. The first-order valence-corrected chi connectivity index (χ1v) is 14.7. The fourth-order valence-corrected chi connectivity index (χ4v) is 6.16. The van der Waals surface area contributed by atoms with Crippen molar-refractivity contribution in [1.29, 1.82) is 0 Å². The molecule has 1 aromatic carbocycles. The number of fused-ring (bicyclic) bond motifs is 1. The van der Waals surface area contributed by atoms with Crippen LogP contribution in [0.2, 0.25) is 0 Å². The van der Waals surface area contributed by atoms with E-state index in [0.717, 1.165) is 43.7 Å². The van der Waals surface area contributed by atoms with E-state index in [9.17, 15) is 23.1 Å². The van der Waals surface area contributed by atoms with E-state index in [1.807, 2.05) is 19.9 Å². The molecule has 10 heteroatoms. The number of benzene rings is 1. The molecular weight excluding hydrogens is 533 g/mol. The summed E-state index contributed by atoms with van der Waals surface area (Å²) in [5.41, 5.74) is 3.13. The fourth-order valence-electron chi connectivity index (χ4n) is 6.16. The molecule has 1 fully saturated rings. The van der Waals surface area contributed by atoms with Gasteiger partial charge in [0.1, 0.15) is 11.9 Å². The van der Waals surface area contributed by atoms with E-state index in [2.05, 4.69) is 11.4 Å². The number of rotatable bonds is 13. The Balaban J connectivity index is 1.39. The van der Waals surface area contributed by atoms with Crippen LogP contribution in [0.25, 0.3) is 0 Å². The third-order valence-corrected chi connectivity index (χ3v) is 8.58. The van der Waals surface area contributed by atoms with E-state index in [1.54, 1.807) is 22.9 Å². The summed E-state index contributed by atoms with van der Waals surface area (Å²) in [6.45, 7) is 5.43. The van der Waals surface area contributed by atoms with Gasteiger partial charge in [-0.15, -0.1) is 0 Å². The predicted molar refractivity (Wildman–Crippen MR) is 154 cm³/mol. The van der Waals surface area contributed by atoms with Crippen molar-refractivity contribution in [3.8, 4) is 5.75 Å². The highest BCUT2D eigenvalue weighted by atomic mass is 19.3. The zero-order valence-electron chi connectivity index (χ0n) is 24.5. The Bertz CT molecular complexity index is 1200. The van der Waals surface area contributed by atoms with Gasteiger partial charge in [-0.25, -0.2) is 18.2 Å². The number of methoxy groups -OCH3 is 1. The van der Waals surface area contributed by atoms with Crippen LogP contribution in [0.1, 0.15) is 80.3 Å². The molecule has 7 nitrogen and oxygen atoms in total. The molecule has 1 aromatic heterocycles. The van der Waals surface area contributed by atoms with Gasteiger partial charge < -0.3 is 15.2 Å². The zero-order chi connectivity index (χ0) is 29.7. The molecule has 226 valence electrons. The Hall–Kier alpha value is -2.85. The Morgan fingerprint density at radius 2 is 2.05 bits per heavy atom. The van der Waals surface area contributed by atoms with Crippen LogP contribution in [0.5, 0.6) is 5.75 Å². The van der Waals surface area contributed by atoms with E-state index in [1.165, 1.54) is 18.7 Å². The maximum Gasteiger partial charge on any atom is 0.325 e. The van der Waals surface area contributed by atoms with Crippen LogP contribution >= 0.6 is 0 Å². The molecule has 2 aromatic rings. The summed E-state index contributed by atoms with van der Waals surface area (Å²) in [5.74, 6) is -0.878. The van der Waals surface area contributed by atoms with Gasteiger partial charge in [-0.3, -0.25) is 14.6 Å². The van der Waals surface area contributed by atoms with Gasteiger partial charge >= 0.3 is 5.97 Å². The van der Waals surface area contributed by atoms with Crippen molar-refractivity contribution in [3.63, 3.8) is 0 Å². The molecule has 2 aliphatic heterocycles. The molecule has 41 heavy (non-hydrogen) atoms. The minimum absolute atomic E-state index is 0.00689. The standard InChI is InChI=1S/C31H43F3N4O3/c1-19(2)21-16-24(28(41-4)25(32)17-21)27(31(39)40)38-15-13-23(18-38)37(3)26(29(33)34)10-6-5-9-22-12-11-20-8-7-14-35-30(20)36-22/h11-12,16-17,19,23,26-27,29H,5-10,13-15,18H2,1-4H3,(H,35,36)(H,39,40)/t23-,26+,27-/m0/s1. The minimum atomic E-state index is -2.52. The summed E-state index contributed by atoms with van der Waals surface area (Å²) in [4.78, 5) is 20.6. The monoisotopic (exact) mass is 576 g/mol. The molecular formula is C31H43F3N4O3. The number of carboxylic acids is 1. The molecule has 0 unspecified atom stereocenters. The van der Waals surface area contributed by atoms with Gasteiger partial charge in [0, 0.05) is 36.9 Å².